The Hall–Kier alpha value is -2.99. The number of hydrogen-bond acceptors (Lipinski definition) is 5. The Balaban J connectivity index is 1.84. The SMILES string of the molecule is C=C(C)C1=c2c(c3c(nc2=C)-c2cc4c(c(=O)n2C3)COC(=O)C4CC)C(NC)CC1. The normalized spacial score (nSPS) is 21.1. The number of carbonyl (C=O) groups excluding carboxylic acids is 1. The van der Waals surface area contributed by atoms with Gasteiger partial charge in [-0.05, 0) is 56.0 Å². The van der Waals surface area contributed by atoms with Crippen LogP contribution in [0.25, 0.3) is 23.5 Å². The van der Waals surface area contributed by atoms with E-state index in [1.54, 1.807) is 4.57 Å². The summed E-state index contributed by atoms with van der Waals surface area (Å²) in [6.07, 6.45) is 2.48. The van der Waals surface area contributed by atoms with Gasteiger partial charge in [0.25, 0.3) is 5.56 Å². The molecule has 2 aliphatic heterocycles. The third-order valence-corrected chi connectivity index (χ3v) is 7.03. The fourth-order valence-corrected chi connectivity index (χ4v) is 5.49. The van der Waals surface area contributed by atoms with Gasteiger partial charge in [0.1, 0.15) is 6.61 Å². The first kappa shape index (κ1) is 19.9. The average Bonchev–Trinajstić information content (AvgIpc) is 3.11. The lowest BCUT2D eigenvalue weighted by Crippen LogP contribution is -2.41. The first-order chi connectivity index (χ1) is 14.9. The summed E-state index contributed by atoms with van der Waals surface area (Å²) in [5.74, 6) is -0.665. The molecule has 6 nitrogen and oxygen atoms in total. The van der Waals surface area contributed by atoms with E-state index in [1.807, 2.05) is 27.0 Å². The van der Waals surface area contributed by atoms with Gasteiger partial charge in [-0.15, -0.1) is 0 Å². The average molecular weight is 418 g/mol. The summed E-state index contributed by atoms with van der Waals surface area (Å²) in [6.45, 7) is 12.9. The number of esters is 1. The van der Waals surface area contributed by atoms with Crippen LogP contribution in [-0.2, 0) is 22.7 Å². The third kappa shape index (κ3) is 2.71. The second kappa shape index (κ2) is 7.02. The summed E-state index contributed by atoms with van der Waals surface area (Å²) in [5, 5.41) is 5.24. The van der Waals surface area contributed by atoms with Crippen molar-refractivity contribution in [3.05, 3.63) is 61.4 Å². The Bertz CT molecular complexity index is 1340. The molecular formula is C25H27N3O3. The number of allylic oxidation sites excluding steroid dienone is 1. The van der Waals surface area contributed by atoms with Gasteiger partial charge in [-0.3, -0.25) is 9.59 Å². The highest BCUT2D eigenvalue weighted by molar-refractivity contribution is 5.81. The second-order valence-electron chi connectivity index (χ2n) is 8.74. The number of fused-ring (bicyclic) bond motifs is 6. The Morgan fingerprint density at radius 3 is 2.81 bits per heavy atom. The van der Waals surface area contributed by atoms with Crippen molar-refractivity contribution < 1.29 is 9.53 Å². The molecule has 0 spiro atoms. The van der Waals surface area contributed by atoms with Crippen molar-refractivity contribution >= 4 is 18.1 Å². The number of hydrogen-bond donors (Lipinski definition) is 1. The fourth-order valence-electron chi connectivity index (χ4n) is 5.49. The van der Waals surface area contributed by atoms with Crippen molar-refractivity contribution in [1.29, 1.82) is 0 Å². The second-order valence-corrected chi connectivity index (χ2v) is 8.74. The number of rotatable bonds is 3. The maximum atomic E-state index is 13.4. The smallest absolute Gasteiger partial charge is 0.313 e. The number of aromatic nitrogens is 2. The molecule has 0 bridgehead atoms. The van der Waals surface area contributed by atoms with Crippen LogP contribution in [-0.4, -0.2) is 22.6 Å². The van der Waals surface area contributed by atoms with Gasteiger partial charge in [0.05, 0.1) is 34.8 Å². The zero-order valence-corrected chi connectivity index (χ0v) is 18.3. The minimum atomic E-state index is -0.406. The molecular weight excluding hydrogens is 390 g/mol. The molecule has 0 saturated carbocycles. The van der Waals surface area contributed by atoms with Crippen molar-refractivity contribution in [2.24, 2.45) is 0 Å². The predicted octanol–water partition coefficient (Wildman–Crippen LogP) is 2.01. The maximum Gasteiger partial charge on any atom is 0.313 e. The van der Waals surface area contributed by atoms with Gasteiger partial charge in [-0.2, -0.15) is 0 Å². The van der Waals surface area contributed by atoms with E-state index in [2.05, 4.69) is 18.5 Å². The largest absolute Gasteiger partial charge is 0.460 e. The highest BCUT2D eigenvalue weighted by Crippen LogP contribution is 2.38. The lowest BCUT2D eigenvalue weighted by molar-refractivity contribution is -0.148. The number of nitrogens with one attached hydrogen (secondary N) is 1. The van der Waals surface area contributed by atoms with Crippen molar-refractivity contribution in [3.63, 3.8) is 0 Å². The lowest BCUT2D eigenvalue weighted by Gasteiger charge is -2.27. The molecule has 1 N–H and O–H groups in total. The van der Waals surface area contributed by atoms with E-state index in [0.717, 1.165) is 51.5 Å². The predicted molar refractivity (Wildman–Crippen MR) is 120 cm³/mol. The first-order valence-corrected chi connectivity index (χ1v) is 10.9. The van der Waals surface area contributed by atoms with Crippen LogP contribution in [0.15, 0.2) is 23.0 Å². The van der Waals surface area contributed by atoms with Gasteiger partial charge < -0.3 is 14.6 Å². The monoisotopic (exact) mass is 417 g/mol. The standard InChI is InChI=1S/C25H27N3O3/c1-6-14-16-9-20-23-17(10-28(20)24(29)18(16)11-31-25(14)30)22-19(26-5)8-7-15(12(2)3)21(22)13(4)27-23/h9,14,19,26H,2,4,6-8,10-11H2,1,3,5H3. The number of carbonyl (C=O) groups is 1. The van der Waals surface area contributed by atoms with Gasteiger partial charge in [0.15, 0.2) is 0 Å². The number of pyridine rings is 2. The molecule has 0 amide bonds. The molecule has 2 atom stereocenters. The van der Waals surface area contributed by atoms with E-state index in [9.17, 15) is 9.59 Å². The van der Waals surface area contributed by atoms with Gasteiger partial charge in [-0.1, -0.05) is 25.7 Å². The summed E-state index contributed by atoms with van der Waals surface area (Å²) < 4.78 is 7.09. The zero-order chi connectivity index (χ0) is 22.0. The third-order valence-electron chi connectivity index (χ3n) is 7.03. The van der Waals surface area contributed by atoms with Crippen LogP contribution in [0.4, 0.5) is 0 Å². The Morgan fingerprint density at radius 2 is 2.13 bits per heavy atom. The van der Waals surface area contributed by atoms with Crippen molar-refractivity contribution in [1.82, 2.24) is 14.9 Å². The molecule has 0 saturated heterocycles. The molecule has 2 aromatic heterocycles. The van der Waals surface area contributed by atoms with Gasteiger partial charge in [0.2, 0.25) is 0 Å². The summed E-state index contributed by atoms with van der Waals surface area (Å²) >= 11 is 0. The van der Waals surface area contributed by atoms with Gasteiger partial charge in [-0.25, -0.2) is 4.98 Å². The molecule has 2 aromatic rings. The molecule has 5 rings (SSSR count). The van der Waals surface area contributed by atoms with E-state index in [1.165, 1.54) is 11.1 Å². The van der Waals surface area contributed by atoms with Crippen LogP contribution in [0.2, 0.25) is 0 Å². The van der Waals surface area contributed by atoms with E-state index in [-0.39, 0.29) is 24.2 Å². The van der Waals surface area contributed by atoms with Gasteiger partial charge in [0, 0.05) is 16.8 Å². The fraction of sp³-hybridized carbons (Fsp3) is 0.400. The molecule has 2 unspecified atom stereocenters. The Kier molecular flexibility index (Phi) is 4.52. The molecule has 3 aliphatic rings. The van der Waals surface area contributed by atoms with E-state index < -0.39 is 5.92 Å². The van der Waals surface area contributed by atoms with Crippen molar-refractivity contribution in [2.75, 3.05) is 7.05 Å². The molecule has 0 fully saturated rings. The van der Waals surface area contributed by atoms with Crippen molar-refractivity contribution in [3.8, 4) is 11.4 Å². The molecule has 0 aromatic carbocycles. The highest BCUT2D eigenvalue weighted by Gasteiger charge is 2.36. The number of ether oxygens (including phenoxy) is 1. The number of nitrogens with zero attached hydrogens (tertiary/aromatic N) is 2. The summed E-state index contributed by atoms with van der Waals surface area (Å²) in [7, 11) is 1.97. The minimum absolute atomic E-state index is 0.0406. The number of cyclic esters (lactones) is 1. The topological polar surface area (TPSA) is 73.2 Å². The van der Waals surface area contributed by atoms with E-state index in [4.69, 9.17) is 9.72 Å². The maximum absolute atomic E-state index is 13.4. The van der Waals surface area contributed by atoms with Crippen LogP contribution in [0.5, 0.6) is 0 Å². The van der Waals surface area contributed by atoms with Crippen LogP contribution >= 0.6 is 0 Å². The first-order valence-electron chi connectivity index (χ1n) is 10.9. The van der Waals surface area contributed by atoms with Gasteiger partial charge >= 0.3 is 5.97 Å². The van der Waals surface area contributed by atoms with Crippen LogP contribution in [0.3, 0.4) is 0 Å². The molecule has 0 radical (unpaired) electrons. The van der Waals surface area contributed by atoms with E-state index >= 15 is 0 Å². The Morgan fingerprint density at radius 1 is 1.35 bits per heavy atom. The molecule has 31 heavy (non-hydrogen) atoms. The summed E-state index contributed by atoms with van der Waals surface area (Å²) in [5.41, 5.74) is 7.36. The molecule has 1 aliphatic carbocycles. The summed E-state index contributed by atoms with van der Waals surface area (Å²) in [6, 6.07) is 2.15. The highest BCUT2D eigenvalue weighted by atomic mass is 16.5. The molecule has 6 heteroatoms. The van der Waals surface area contributed by atoms with E-state index in [0.29, 0.717) is 18.5 Å². The van der Waals surface area contributed by atoms with Crippen LogP contribution in [0, 0.1) is 0 Å². The minimum Gasteiger partial charge on any atom is -0.460 e. The quantitative estimate of drug-likeness (QED) is 0.660. The van der Waals surface area contributed by atoms with Crippen LogP contribution in [0.1, 0.15) is 67.3 Å². The summed E-state index contributed by atoms with van der Waals surface area (Å²) in [4.78, 5) is 30.6. The lowest BCUT2D eigenvalue weighted by atomic mass is 9.84. The Labute approximate surface area is 181 Å². The van der Waals surface area contributed by atoms with Crippen molar-refractivity contribution in [2.45, 2.75) is 58.2 Å². The molecule has 160 valence electrons. The van der Waals surface area contributed by atoms with Crippen LogP contribution < -0.4 is 21.4 Å². The zero-order valence-electron chi connectivity index (χ0n) is 18.3. The molecule has 4 heterocycles.